The van der Waals surface area contributed by atoms with Gasteiger partial charge in [0.2, 0.25) is 0 Å². The second-order valence-electron chi connectivity index (χ2n) is 7.42. The third-order valence-corrected chi connectivity index (χ3v) is 5.52. The van der Waals surface area contributed by atoms with Crippen LogP contribution in [0.3, 0.4) is 0 Å². The molecule has 1 aliphatic carbocycles. The smallest absolute Gasteiger partial charge is 0.259 e. The van der Waals surface area contributed by atoms with Gasteiger partial charge in [-0.15, -0.1) is 0 Å². The summed E-state index contributed by atoms with van der Waals surface area (Å²) in [5.74, 6) is 3.39. The fraction of sp³-hybridized carbons (Fsp3) is 0.550. The first-order valence-corrected chi connectivity index (χ1v) is 9.98. The predicted molar refractivity (Wildman–Crippen MR) is 101 cm³/mol. The molecule has 27 heavy (non-hydrogen) atoms. The van der Waals surface area contributed by atoms with E-state index in [9.17, 15) is 0 Å². The van der Waals surface area contributed by atoms with Crippen molar-refractivity contribution in [2.45, 2.75) is 64.2 Å². The van der Waals surface area contributed by atoms with E-state index in [0.717, 1.165) is 17.3 Å². The second-order valence-corrected chi connectivity index (χ2v) is 7.42. The van der Waals surface area contributed by atoms with E-state index in [-0.39, 0.29) is 0 Å². The summed E-state index contributed by atoms with van der Waals surface area (Å²) in [4.78, 5) is 13.0. The third-order valence-electron chi connectivity index (χ3n) is 5.52. The minimum absolute atomic E-state index is 0.423. The van der Waals surface area contributed by atoms with Crippen molar-refractivity contribution in [3.05, 3.63) is 36.8 Å². The van der Waals surface area contributed by atoms with Gasteiger partial charge >= 0.3 is 0 Å². The topological polar surface area (TPSA) is 82.5 Å². The summed E-state index contributed by atoms with van der Waals surface area (Å²) in [5.41, 5.74) is 0.825. The van der Waals surface area contributed by atoms with E-state index in [4.69, 9.17) is 4.52 Å². The van der Waals surface area contributed by atoms with Gasteiger partial charge in [-0.1, -0.05) is 37.8 Å². The van der Waals surface area contributed by atoms with E-state index < -0.39 is 0 Å². The minimum atomic E-state index is 0.423. The van der Waals surface area contributed by atoms with Gasteiger partial charge in [-0.3, -0.25) is 0 Å². The first-order valence-electron chi connectivity index (χ1n) is 9.98. The highest BCUT2D eigenvalue weighted by molar-refractivity contribution is 5.52. The lowest BCUT2D eigenvalue weighted by Crippen LogP contribution is -2.14. The maximum Gasteiger partial charge on any atom is 0.259 e. The molecular weight excluding hydrogens is 340 g/mol. The number of rotatable bonds is 7. The molecule has 0 radical (unpaired) electrons. The van der Waals surface area contributed by atoms with Crippen molar-refractivity contribution >= 4 is 0 Å². The van der Waals surface area contributed by atoms with E-state index in [1.54, 1.807) is 17.2 Å². The SMILES string of the molecule is CCCCCC1CCC(c2noc(-c3ccc(-n4cncn4)nc3)n2)CC1. The Balaban J connectivity index is 1.36. The molecule has 7 heteroatoms. The lowest BCUT2D eigenvalue weighted by molar-refractivity contribution is 0.292. The van der Waals surface area contributed by atoms with Gasteiger partial charge in [0.1, 0.15) is 12.7 Å². The zero-order chi connectivity index (χ0) is 18.5. The van der Waals surface area contributed by atoms with Crippen LogP contribution in [0.15, 0.2) is 35.5 Å². The quantitative estimate of drug-likeness (QED) is 0.570. The lowest BCUT2D eigenvalue weighted by atomic mass is 9.79. The Bertz CT molecular complexity index is 819. The van der Waals surface area contributed by atoms with Gasteiger partial charge in [-0.25, -0.2) is 14.6 Å². The molecule has 1 aliphatic rings. The van der Waals surface area contributed by atoms with Crippen LogP contribution in [0.25, 0.3) is 17.3 Å². The molecule has 0 spiro atoms. The van der Waals surface area contributed by atoms with Gasteiger partial charge in [-0.2, -0.15) is 10.1 Å². The zero-order valence-corrected chi connectivity index (χ0v) is 15.8. The van der Waals surface area contributed by atoms with Gasteiger partial charge in [0.05, 0.1) is 5.56 Å². The standard InChI is InChI=1S/C20H26N6O/c1-2-3-4-5-15-6-8-16(9-7-15)19-24-20(27-25-19)17-10-11-18(22-12-17)26-14-21-13-23-26/h10-16H,2-9H2,1H3. The number of pyridine rings is 1. The monoisotopic (exact) mass is 366 g/mol. The van der Waals surface area contributed by atoms with Crippen LogP contribution < -0.4 is 0 Å². The molecule has 1 saturated carbocycles. The van der Waals surface area contributed by atoms with E-state index >= 15 is 0 Å². The van der Waals surface area contributed by atoms with E-state index in [1.807, 2.05) is 12.1 Å². The summed E-state index contributed by atoms with van der Waals surface area (Å²) in [6.45, 7) is 2.27. The number of nitrogens with zero attached hydrogens (tertiary/aromatic N) is 6. The Labute approximate surface area is 159 Å². The van der Waals surface area contributed by atoms with E-state index in [1.165, 1.54) is 57.7 Å². The Morgan fingerprint density at radius 1 is 1.15 bits per heavy atom. The Kier molecular flexibility index (Phi) is 5.55. The summed E-state index contributed by atoms with van der Waals surface area (Å²) in [5, 5.41) is 8.32. The summed E-state index contributed by atoms with van der Waals surface area (Å²) in [7, 11) is 0. The molecule has 4 rings (SSSR count). The van der Waals surface area contributed by atoms with Crippen LogP contribution in [0.4, 0.5) is 0 Å². The molecule has 0 N–H and O–H groups in total. The Hall–Kier alpha value is -2.57. The molecule has 0 saturated heterocycles. The average Bonchev–Trinajstić information content (AvgIpc) is 3.41. The largest absolute Gasteiger partial charge is 0.334 e. The zero-order valence-electron chi connectivity index (χ0n) is 15.8. The Morgan fingerprint density at radius 2 is 2.04 bits per heavy atom. The molecule has 0 aliphatic heterocycles. The maximum atomic E-state index is 5.50. The van der Waals surface area contributed by atoms with Gasteiger partial charge in [0, 0.05) is 12.1 Å². The van der Waals surface area contributed by atoms with E-state index in [0.29, 0.717) is 17.6 Å². The van der Waals surface area contributed by atoms with Crippen LogP contribution in [0, 0.1) is 5.92 Å². The molecule has 0 bridgehead atoms. The van der Waals surface area contributed by atoms with E-state index in [2.05, 4.69) is 32.1 Å². The first kappa shape index (κ1) is 17.8. The van der Waals surface area contributed by atoms with Crippen LogP contribution in [-0.4, -0.2) is 29.9 Å². The molecule has 3 aromatic heterocycles. The van der Waals surface area contributed by atoms with Crippen LogP contribution >= 0.6 is 0 Å². The summed E-state index contributed by atoms with van der Waals surface area (Å²) in [6.07, 6.45) is 15.1. The van der Waals surface area contributed by atoms with Crippen molar-refractivity contribution in [3.63, 3.8) is 0 Å². The fourth-order valence-electron chi connectivity index (χ4n) is 3.88. The molecule has 0 aromatic carbocycles. The van der Waals surface area contributed by atoms with Crippen molar-refractivity contribution in [2.24, 2.45) is 5.92 Å². The number of hydrogen-bond acceptors (Lipinski definition) is 6. The Morgan fingerprint density at radius 3 is 2.74 bits per heavy atom. The van der Waals surface area contributed by atoms with Gasteiger partial charge in [-0.05, 0) is 43.7 Å². The van der Waals surface area contributed by atoms with Crippen molar-refractivity contribution in [1.82, 2.24) is 29.9 Å². The molecule has 0 amide bonds. The summed E-state index contributed by atoms with van der Waals surface area (Å²) >= 11 is 0. The van der Waals surface area contributed by atoms with Gasteiger partial charge in [0.25, 0.3) is 5.89 Å². The molecule has 0 unspecified atom stereocenters. The van der Waals surface area contributed by atoms with Crippen molar-refractivity contribution in [2.75, 3.05) is 0 Å². The van der Waals surface area contributed by atoms with Crippen molar-refractivity contribution in [3.8, 4) is 17.3 Å². The van der Waals surface area contributed by atoms with Crippen LogP contribution in [-0.2, 0) is 0 Å². The molecule has 0 atom stereocenters. The second kappa shape index (κ2) is 8.41. The number of aromatic nitrogens is 6. The first-order chi connectivity index (χ1) is 13.3. The molecule has 3 aromatic rings. The highest BCUT2D eigenvalue weighted by Gasteiger charge is 2.26. The van der Waals surface area contributed by atoms with Crippen LogP contribution in [0.1, 0.15) is 70.0 Å². The molecule has 7 nitrogen and oxygen atoms in total. The van der Waals surface area contributed by atoms with Crippen molar-refractivity contribution in [1.29, 1.82) is 0 Å². The van der Waals surface area contributed by atoms with Gasteiger partial charge < -0.3 is 4.52 Å². The molecular formula is C20H26N6O. The minimum Gasteiger partial charge on any atom is -0.334 e. The molecule has 3 heterocycles. The number of hydrogen-bond donors (Lipinski definition) is 0. The van der Waals surface area contributed by atoms with Gasteiger partial charge in [0.15, 0.2) is 11.6 Å². The fourth-order valence-corrected chi connectivity index (χ4v) is 3.88. The molecule has 142 valence electrons. The highest BCUT2D eigenvalue weighted by atomic mass is 16.5. The highest BCUT2D eigenvalue weighted by Crippen LogP contribution is 2.37. The average molecular weight is 366 g/mol. The van der Waals surface area contributed by atoms with Crippen molar-refractivity contribution < 1.29 is 4.52 Å². The van der Waals surface area contributed by atoms with Crippen LogP contribution in [0.2, 0.25) is 0 Å². The summed E-state index contributed by atoms with van der Waals surface area (Å²) < 4.78 is 7.12. The number of unbranched alkanes of at least 4 members (excludes halogenated alkanes) is 2. The maximum absolute atomic E-state index is 5.50. The molecule has 1 fully saturated rings. The lowest BCUT2D eigenvalue weighted by Gasteiger charge is -2.26. The summed E-state index contributed by atoms with van der Waals surface area (Å²) in [6, 6.07) is 3.79. The normalized spacial score (nSPS) is 20.0. The third kappa shape index (κ3) is 4.23. The predicted octanol–water partition coefficient (Wildman–Crippen LogP) is 4.57. The van der Waals surface area contributed by atoms with Crippen LogP contribution in [0.5, 0.6) is 0 Å².